The van der Waals surface area contributed by atoms with Gasteiger partial charge < -0.3 is 14.5 Å². The number of aromatic nitrogens is 2. The number of aryl methyl sites for hydroxylation is 1. The molecule has 0 bridgehead atoms. The van der Waals surface area contributed by atoms with Crippen LogP contribution < -0.4 is 10.1 Å². The summed E-state index contributed by atoms with van der Waals surface area (Å²) in [5.41, 5.74) is 1.92. The fraction of sp³-hybridized carbons (Fsp3) is 0.211. The molecule has 1 aromatic heterocycles. The van der Waals surface area contributed by atoms with E-state index in [4.69, 9.17) is 9.15 Å². The highest BCUT2D eigenvalue weighted by Gasteiger charge is 2.15. The number of ether oxygens (including phenoxy) is 1. The van der Waals surface area contributed by atoms with Crippen molar-refractivity contribution in [2.75, 3.05) is 17.7 Å². The van der Waals surface area contributed by atoms with Gasteiger partial charge in [0.25, 0.3) is 11.1 Å². The highest BCUT2D eigenvalue weighted by molar-refractivity contribution is 7.99. The number of benzene rings is 2. The maximum atomic E-state index is 13.3. The van der Waals surface area contributed by atoms with E-state index in [1.807, 2.05) is 31.2 Å². The summed E-state index contributed by atoms with van der Waals surface area (Å²) >= 11 is 1.11. The Morgan fingerprint density at radius 1 is 1.26 bits per heavy atom. The standard InChI is InChI=1S/C19H18FN3O3S/c1-3-25-16-7-5-4-6-14(16)18-22-23-19(26-18)27-11-17(24)21-15-10-13(20)9-8-12(15)2/h4-10H,3,11H2,1-2H3,(H,21,24). The van der Waals surface area contributed by atoms with Gasteiger partial charge in [0.2, 0.25) is 5.91 Å². The van der Waals surface area contributed by atoms with Gasteiger partial charge in [0.05, 0.1) is 17.9 Å². The van der Waals surface area contributed by atoms with Crippen LogP contribution in [0.4, 0.5) is 10.1 Å². The smallest absolute Gasteiger partial charge is 0.277 e. The normalized spacial score (nSPS) is 10.6. The Morgan fingerprint density at radius 2 is 2.07 bits per heavy atom. The van der Waals surface area contributed by atoms with Crippen molar-refractivity contribution in [3.8, 4) is 17.2 Å². The van der Waals surface area contributed by atoms with E-state index in [-0.39, 0.29) is 16.9 Å². The van der Waals surface area contributed by atoms with Crippen LogP contribution in [0.25, 0.3) is 11.5 Å². The Bertz CT molecular complexity index is 945. The molecule has 0 radical (unpaired) electrons. The van der Waals surface area contributed by atoms with Gasteiger partial charge in [-0.2, -0.15) is 0 Å². The van der Waals surface area contributed by atoms with E-state index in [0.29, 0.717) is 29.5 Å². The van der Waals surface area contributed by atoms with Crippen molar-refractivity contribution in [2.45, 2.75) is 19.1 Å². The highest BCUT2D eigenvalue weighted by atomic mass is 32.2. The topological polar surface area (TPSA) is 77.2 Å². The monoisotopic (exact) mass is 387 g/mol. The minimum absolute atomic E-state index is 0.0602. The van der Waals surface area contributed by atoms with Crippen molar-refractivity contribution >= 4 is 23.4 Å². The molecule has 1 heterocycles. The highest BCUT2D eigenvalue weighted by Crippen LogP contribution is 2.30. The first-order valence-electron chi connectivity index (χ1n) is 8.31. The molecular weight excluding hydrogens is 369 g/mol. The van der Waals surface area contributed by atoms with E-state index in [1.54, 1.807) is 13.0 Å². The maximum Gasteiger partial charge on any atom is 0.277 e. The third-order valence-corrected chi connectivity index (χ3v) is 4.44. The van der Waals surface area contributed by atoms with Crippen molar-refractivity contribution in [1.82, 2.24) is 10.2 Å². The van der Waals surface area contributed by atoms with Crippen LogP contribution in [0.5, 0.6) is 5.75 Å². The number of halogens is 1. The zero-order valence-electron chi connectivity index (χ0n) is 14.9. The van der Waals surface area contributed by atoms with Crippen LogP contribution in [-0.2, 0) is 4.79 Å². The van der Waals surface area contributed by atoms with E-state index in [0.717, 1.165) is 17.3 Å². The number of amides is 1. The van der Waals surface area contributed by atoms with Crippen LogP contribution in [0.1, 0.15) is 12.5 Å². The number of nitrogens with zero attached hydrogens (tertiary/aromatic N) is 2. The van der Waals surface area contributed by atoms with Crippen LogP contribution in [0, 0.1) is 12.7 Å². The third kappa shape index (κ3) is 4.85. The lowest BCUT2D eigenvalue weighted by atomic mass is 10.2. The second kappa shape index (κ2) is 8.68. The van der Waals surface area contributed by atoms with Crippen molar-refractivity contribution in [1.29, 1.82) is 0 Å². The number of carbonyl (C=O) groups excluding carboxylic acids is 1. The molecule has 3 rings (SSSR count). The molecule has 0 saturated carbocycles. The van der Waals surface area contributed by atoms with Crippen molar-refractivity contribution < 1.29 is 18.3 Å². The van der Waals surface area contributed by atoms with Crippen LogP contribution in [0.15, 0.2) is 52.1 Å². The van der Waals surface area contributed by atoms with Crippen LogP contribution in [-0.4, -0.2) is 28.5 Å². The first-order chi connectivity index (χ1) is 13.1. The first-order valence-corrected chi connectivity index (χ1v) is 9.30. The van der Waals surface area contributed by atoms with E-state index in [1.165, 1.54) is 12.1 Å². The van der Waals surface area contributed by atoms with Crippen molar-refractivity contribution in [3.63, 3.8) is 0 Å². The molecule has 27 heavy (non-hydrogen) atoms. The van der Waals surface area contributed by atoms with E-state index in [9.17, 15) is 9.18 Å². The summed E-state index contributed by atoms with van der Waals surface area (Å²) in [5.74, 6) is 0.341. The third-order valence-electron chi connectivity index (χ3n) is 3.62. The van der Waals surface area contributed by atoms with Gasteiger partial charge >= 0.3 is 0 Å². The lowest BCUT2D eigenvalue weighted by Gasteiger charge is -2.07. The van der Waals surface area contributed by atoms with Crippen molar-refractivity contribution in [2.24, 2.45) is 0 Å². The largest absolute Gasteiger partial charge is 0.493 e. The van der Waals surface area contributed by atoms with Gasteiger partial charge in [0.15, 0.2) is 0 Å². The molecule has 1 N–H and O–H groups in total. The Labute approximate surface area is 160 Å². The molecule has 0 aliphatic heterocycles. The van der Waals surface area contributed by atoms with Gasteiger partial charge in [-0.3, -0.25) is 4.79 Å². The van der Waals surface area contributed by atoms with Gasteiger partial charge in [-0.15, -0.1) is 10.2 Å². The van der Waals surface area contributed by atoms with E-state index < -0.39 is 5.82 Å². The summed E-state index contributed by atoms with van der Waals surface area (Å²) in [4.78, 5) is 12.1. The second-order valence-corrected chi connectivity index (χ2v) is 6.52. The number of para-hydroxylation sites is 1. The lowest BCUT2D eigenvalue weighted by molar-refractivity contribution is -0.113. The van der Waals surface area contributed by atoms with Gasteiger partial charge in [-0.05, 0) is 43.7 Å². The predicted molar refractivity (Wildman–Crippen MR) is 101 cm³/mol. The number of carbonyl (C=O) groups is 1. The molecule has 2 aromatic carbocycles. The zero-order chi connectivity index (χ0) is 19.2. The molecule has 0 aliphatic rings. The molecule has 8 heteroatoms. The number of rotatable bonds is 7. The van der Waals surface area contributed by atoms with E-state index >= 15 is 0 Å². The molecule has 0 saturated heterocycles. The molecule has 0 atom stereocenters. The van der Waals surface area contributed by atoms with Gasteiger partial charge in [-0.1, -0.05) is 30.0 Å². The molecule has 3 aromatic rings. The molecule has 0 fully saturated rings. The maximum absolute atomic E-state index is 13.3. The number of nitrogens with one attached hydrogen (secondary N) is 1. The summed E-state index contributed by atoms with van der Waals surface area (Å²) in [7, 11) is 0. The molecule has 0 spiro atoms. The average Bonchev–Trinajstić information content (AvgIpc) is 3.13. The minimum atomic E-state index is -0.405. The summed E-state index contributed by atoms with van der Waals surface area (Å²) < 4.78 is 24.5. The van der Waals surface area contributed by atoms with Gasteiger partial charge in [0.1, 0.15) is 11.6 Å². The quantitative estimate of drug-likeness (QED) is 0.609. The fourth-order valence-electron chi connectivity index (χ4n) is 2.34. The van der Waals surface area contributed by atoms with Gasteiger partial charge in [-0.25, -0.2) is 4.39 Å². The lowest BCUT2D eigenvalue weighted by Crippen LogP contribution is -2.15. The molecule has 140 valence electrons. The number of hydrogen-bond donors (Lipinski definition) is 1. The summed E-state index contributed by atoms with van der Waals surface area (Å²) in [6.07, 6.45) is 0. The first kappa shape index (κ1) is 18.9. The summed E-state index contributed by atoms with van der Waals surface area (Å²) in [5, 5.41) is 10.9. The molecular formula is C19H18FN3O3S. The Balaban J connectivity index is 1.63. The number of anilines is 1. The SMILES string of the molecule is CCOc1ccccc1-c1nnc(SCC(=O)Nc2cc(F)ccc2C)o1. The number of hydrogen-bond acceptors (Lipinski definition) is 6. The second-order valence-electron chi connectivity index (χ2n) is 5.60. The fourth-order valence-corrected chi connectivity index (χ4v) is 2.91. The summed E-state index contributed by atoms with van der Waals surface area (Å²) in [6.45, 7) is 4.21. The Morgan fingerprint density at radius 3 is 2.89 bits per heavy atom. The Kier molecular flexibility index (Phi) is 6.08. The zero-order valence-corrected chi connectivity index (χ0v) is 15.7. The van der Waals surface area contributed by atoms with Crippen LogP contribution in [0.3, 0.4) is 0 Å². The molecule has 0 unspecified atom stereocenters. The Hall–Kier alpha value is -2.87. The summed E-state index contributed by atoms with van der Waals surface area (Å²) in [6, 6.07) is 11.6. The van der Waals surface area contributed by atoms with Crippen LogP contribution >= 0.6 is 11.8 Å². The number of thioether (sulfide) groups is 1. The molecule has 1 amide bonds. The molecule has 6 nitrogen and oxygen atoms in total. The van der Waals surface area contributed by atoms with Gasteiger partial charge in [0, 0.05) is 5.69 Å². The van der Waals surface area contributed by atoms with E-state index in [2.05, 4.69) is 15.5 Å². The van der Waals surface area contributed by atoms with Crippen LogP contribution in [0.2, 0.25) is 0 Å². The average molecular weight is 387 g/mol. The molecule has 0 aliphatic carbocycles. The van der Waals surface area contributed by atoms with Crippen molar-refractivity contribution in [3.05, 3.63) is 53.8 Å². The minimum Gasteiger partial charge on any atom is -0.493 e. The predicted octanol–water partition coefficient (Wildman–Crippen LogP) is 4.31.